The molecule has 3 fully saturated rings. The van der Waals surface area contributed by atoms with Gasteiger partial charge in [0.1, 0.15) is 5.75 Å². The van der Waals surface area contributed by atoms with Gasteiger partial charge in [0.2, 0.25) is 11.8 Å². The van der Waals surface area contributed by atoms with Crippen LogP contribution in [0.5, 0.6) is 17.2 Å². The number of nitrogens with zero attached hydrogens (tertiary/aromatic N) is 2. The highest BCUT2D eigenvalue weighted by Crippen LogP contribution is 2.65. The number of amides is 4. The predicted octanol–water partition coefficient (Wildman–Crippen LogP) is 9.33. The molecule has 4 aromatic carbocycles. The molecule has 2 saturated heterocycles. The summed E-state index contributed by atoms with van der Waals surface area (Å²) in [4.78, 5) is 59.6. The number of anilines is 2. The summed E-state index contributed by atoms with van der Waals surface area (Å²) < 4.78 is 95.0. The molecule has 0 bridgehead atoms. The van der Waals surface area contributed by atoms with E-state index in [4.69, 9.17) is 32.7 Å². The van der Waals surface area contributed by atoms with Gasteiger partial charge in [-0.3, -0.25) is 24.6 Å². The zero-order chi connectivity index (χ0) is 43.9. The minimum atomic E-state index is -5.27. The lowest BCUT2D eigenvalue weighted by atomic mass is 9.49. The van der Waals surface area contributed by atoms with Crippen LogP contribution in [-0.2, 0) is 36.9 Å². The Labute approximate surface area is 353 Å². The molecule has 1 saturated carbocycles. The van der Waals surface area contributed by atoms with Crippen LogP contribution in [0.15, 0.2) is 90.5 Å². The molecule has 61 heavy (non-hydrogen) atoms. The van der Waals surface area contributed by atoms with E-state index in [1.54, 1.807) is 43.3 Å². The Balaban J connectivity index is 1.33. The van der Waals surface area contributed by atoms with Crippen LogP contribution in [0.4, 0.5) is 37.7 Å². The van der Waals surface area contributed by atoms with Gasteiger partial charge in [-0.05, 0) is 85.8 Å². The second-order valence-corrected chi connectivity index (χ2v) is 16.0. The number of hydrazine groups is 1. The smallest absolute Gasteiger partial charge is 0.416 e. The van der Waals surface area contributed by atoms with Gasteiger partial charge in [0.25, 0.3) is 11.8 Å². The van der Waals surface area contributed by atoms with Gasteiger partial charge < -0.3 is 14.6 Å². The third-order valence-corrected chi connectivity index (χ3v) is 12.6. The number of rotatable bonds is 8. The normalized spacial score (nSPS) is 25.0. The molecular formula is C43H33Cl2F6N3O7. The summed E-state index contributed by atoms with van der Waals surface area (Å²) in [6, 6.07) is 15.8. The highest BCUT2D eigenvalue weighted by atomic mass is 35.5. The number of hydrogen-bond donors (Lipinski definition) is 2. The molecule has 0 spiro atoms. The molecule has 0 radical (unpaired) electrons. The molecule has 0 aromatic heterocycles. The molecule has 8 rings (SSSR count). The third kappa shape index (κ3) is 6.65. The number of phenolic OH excluding ortho intramolecular Hbond substituents is 1. The van der Waals surface area contributed by atoms with E-state index < -0.39 is 93.5 Å². The monoisotopic (exact) mass is 887 g/mol. The van der Waals surface area contributed by atoms with Crippen molar-refractivity contribution < 1.29 is 60.1 Å². The van der Waals surface area contributed by atoms with Crippen LogP contribution in [0, 0.1) is 23.7 Å². The van der Waals surface area contributed by atoms with Gasteiger partial charge in [-0.15, -0.1) is 0 Å². The lowest BCUT2D eigenvalue weighted by Gasteiger charge is -2.50. The maximum atomic E-state index is 15.5. The largest absolute Gasteiger partial charge is 0.504 e. The number of benzene rings is 4. The fourth-order valence-electron chi connectivity index (χ4n) is 9.55. The van der Waals surface area contributed by atoms with Crippen LogP contribution in [0.2, 0.25) is 10.0 Å². The first-order valence-electron chi connectivity index (χ1n) is 18.9. The van der Waals surface area contributed by atoms with Gasteiger partial charge in [-0.1, -0.05) is 59.1 Å². The van der Waals surface area contributed by atoms with E-state index >= 15 is 4.79 Å². The van der Waals surface area contributed by atoms with Crippen LogP contribution >= 0.6 is 23.2 Å². The molecule has 18 heteroatoms. The van der Waals surface area contributed by atoms with Crippen molar-refractivity contribution in [2.75, 3.05) is 24.0 Å². The Morgan fingerprint density at radius 2 is 1.52 bits per heavy atom. The molecule has 318 valence electrons. The quantitative estimate of drug-likeness (QED) is 0.102. The first kappa shape index (κ1) is 42.0. The Morgan fingerprint density at radius 3 is 2.13 bits per heavy atom. The summed E-state index contributed by atoms with van der Waals surface area (Å²) in [7, 11) is 1.43. The van der Waals surface area contributed by atoms with Crippen LogP contribution in [0.1, 0.15) is 47.9 Å². The van der Waals surface area contributed by atoms with Crippen molar-refractivity contribution in [1.29, 1.82) is 0 Å². The number of para-hydroxylation sites is 1. The topological polar surface area (TPSA) is 125 Å². The molecule has 4 aromatic rings. The Kier molecular flexibility index (Phi) is 10.3. The van der Waals surface area contributed by atoms with E-state index in [1.807, 2.05) is 0 Å². The van der Waals surface area contributed by atoms with E-state index in [2.05, 4.69) is 5.43 Å². The number of allylic oxidation sites excluding steroid dienone is 2. The highest BCUT2D eigenvalue weighted by molar-refractivity contribution is 6.36. The Bertz CT molecular complexity index is 2500. The number of carbonyl (C=O) groups excluding carboxylic acids is 4. The van der Waals surface area contributed by atoms with Gasteiger partial charge in [0, 0.05) is 16.5 Å². The maximum Gasteiger partial charge on any atom is 0.416 e. The average molecular weight is 889 g/mol. The average Bonchev–Trinajstić information content (AvgIpc) is 3.59. The number of ether oxygens (including phenoxy) is 2. The number of imide groups is 2. The van der Waals surface area contributed by atoms with E-state index in [0.29, 0.717) is 33.9 Å². The SMILES string of the molecule is CCOc1cccc(C2C3=CCC4C(=O)N(c5cc(C(F)(F)F)cc(C(F)(F)F)c5)C(=O)C4C3CC3C(=O)N(Nc4ccc(Cl)cc4Cl)C(=O)C32c2ccc(OC)cc2)c1O. The van der Waals surface area contributed by atoms with Crippen molar-refractivity contribution in [3.05, 3.63) is 123 Å². The van der Waals surface area contributed by atoms with Crippen molar-refractivity contribution in [3.8, 4) is 17.2 Å². The van der Waals surface area contributed by atoms with Crippen molar-refractivity contribution in [3.63, 3.8) is 0 Å². The minimum Gasteiger partial charge on any atom is -0.504 e. The molecule has 2 aliphatic heterocycles. The van der Waals surface area contributed by atoms with Crippen LogP contribution < -0.4 is 19.8 Å². The van der Waals surface area contributed by atoms with Gasteiger partial charge in [-0.2, -0.15) is 31.4 Å². The summed E-state index contributed by atoms with van der Waals surface area (Å²) in [6.45, 7) is 1.81. The van der Waals surface area contributed by atoms with Crippen LogP contribution in [-0.4, -0.2) is 47.5 Å². The highest BCUT2D eigenvalue weighted by Gasteiger charge is 2.71. The molecular weight excluding hydrogens is 855 g/mol. The molecule has 6 atom stereocenters. The number of carbonyl (C=O) groups is 4. The number of nitrogens with one attached hydrogen (secondary N) is 1. The summed E-state index contributed by atoms with van der Waals surface area (Å²) in [5, 5.41) is 13.1. The lowest BCUT2D eigenvalue weighted by molar-refractivity contribution is -0.143. The molecule has 2 aliphatic carbocycles. The lowest BCUT2D eigenvalue weighted by Crippen LogP contribution is -2.53. The zero-order valence-corrected chi connectivity index (χ0v) is 33.4. The number of hydrogen-bond acceptors (Lipinski definition) is 8. The third-order valence-electron chi connectivity index (χ3n) is 12.1. The van der Waals surface area contributed by atoms with E-state index in [9.17, 15) is 45.8 Å². The number of phenols is 1. The fraction of sp³-hybridized carbons (Fsp3) is 0.302. The maximum absolute atomic E-state index is 15.5. The minimum absolute atomic E-state index is 0.0286. The summed E-state index contributed by atoms with van der Waals surface area (Å²) >= 11 is 12.6. The number of aromatic hydroxyl groups is 1. The van der Waals surface area contributed by atoms with E-state index in [0.717, 1.165) is 5.01 Å². The van der Waals surface area contributed by atoms with Gasteiger partial charge in [0.05, 0.1) is 64.4 Å². The number of methoxy groups -OCH3 is 1. The molecule has 4 aliphatic rings. The van der Waals surface area contributed by atoms with Crippen molar-refractivity contribution >= 4 is 58.2 Å². The summed E-state index contributed by atoms with van der Waals surface area (Å²) in [6.07, 6.45) is -9.44. The molecule has 6 unspecified atom stereocenters. The molecule has 4 amide bonds. The second kappa shape index (κ2) is 15.0. The molecule has 2 N–H and O–H groups in total. The number of fused-ring (bicyclic) bond motifs is 4. The van der Waals surface area contributed by atoms with Gasteiger partial charge >= 0.3 is 12.4 Å². The number of alkyl halides is 6. The first-order valence-corrected chi connectivity index (χ1v) is 19.6. The van der Waals surface area contributed by atoms with E-state index in [-0.39, 0.29) is 52.6 Å². The van der Waals surface area contributed by atoms with Crippen molar-refractivity contribution in [1.82, 2.24) is 5.01 Å². The van der Waals surface area contributed by atoms with Gasteiger partial charge in [-0.25, -0.2) is 4.90 Å². The molecule has 2 heterocycles. The Morgan fingerprint density at radius 1 is 0.852 bits per heavy atom. The summed E-state index contributed by atoms with van der Waals surface area (Å²) in [5.41, 5.74) is -2.56. The standard InChI is InChI=1S/C43H33Cl2F6N3O7/c1-3-61-33-6-4-5-28(36(33)55)35-26-12-13-27-34(39(58)53(37(27)56)24-16-21(42(46,47)48)15-22(17-24)43(49,50)51)29(26)19-30-38(57)54(52-32-14-9-23(44)18-31(32)45)40(59)41(30,35)20-7-10-25(60-2)11-8-20/h4-12,14-18,27,29-30,34-35,52,55H,3,13,19H2,1-2H3. The zero-order valence-electron chi connectivity index (χ0n) is 31.9. The Hall–Kier alpha value is -5.74. The predicted molar refractivity (Wildman–Crippen MR) is 209 cm³/mol. The second-order valence-electron chi connectivity index (χ2n) is 15.1. The summed E-state index contributed by atoms with van der Waals surface area (Å²) in [5.74, 6) is -10.1. The van der Waals surface area contributed by atoms with Crippen molar-refractivity contribution in [2.24, 2.45) is 23.7 Å². The van der Waals surface area contributed by atoms with Crippen LogP contribution in [0.25, 0.3) is 0 Å². The fourth-order valence-corrected chi connectivity index (χ4v) is 10.0. The first-order chi connectivity index (χ1) is 28.8. The van der Waals surface area contributed by atoms with E-state index in [1.165, 1.54) is 37.4 Å². The molecule has 10 nitrogen and oxygen atoms in total. The van der Waals surface area contributed by atoms with Gasteiger partial charge in [0.15, 0.2) is 11.5 Å². The van der Waals surface area contributed by atoms with Crippen LogP contribution in [0.3, 0.4) is 0 Å². The van der Waals surface area contributed by atoms with Crippen molar-refractivity contribution in [2.45, 2.75) is 43.5 Å². The number of halogens is 8.